The zero-order valence-corrected chi connectivity index (χ0v) is 22.1. The minimum Gasteiger partial charge on any atom is -0.469 e. The van der Waals surface area contributed by atoms with Crippen molar-refractivity contribution in [1.29, 1.82) is 0 Å². The van der Waals surface area contributed by atoms with Crippen LogP contribution in [-0.2, 0) is 36.6 Å². The summed E-state index contributed by atoms with van der Waals surface area (Å²) >= 11 is 6.29. The number of fused-ring (bicyclic) bond motifs is 2. The number of H-pyrrole nitrogens is 1. The molecule has 0 aliphatic rings. The lowest BCUT2D eigenvalue weighted by Crippen LogP contribution is -2.39. The molecule has 2 N–H and O–H groups in total. The van der Waals surface area contributed by atoms with Gasteiger partial charge >= 0.3 is 11.7 Å². The topological polar surface area (TPSA) is 129 Å². The van der Waals surface area contributed by atoms with E-state index in [4.69, 9.17) is 16.3 Å². The van der Waals surface area contributed by atoms with E-state index in [1.54, 1.807) is 30.8 Å². The highest BCUT2D eigenvalue weighted by molar-refractivity contribution is 6.35. The van der Waals surface area contributed by atoms with Crippen molar-refractivity contribution in [3.63, 3.8) is 0 Å². The number of rotatable bonds is 7. The van der Waals surface area contributed by atoms with E-state index in [1.165, 1.54) is 16.2 Å². The molecule has 38 heavy (non-hydrogen) atoms. The number of aryl methyl sites for hydroxylation is 4. The number of methoxy groups -OCH3 is 1. The molecule has 0 atom stereocenters. The minimum atomic E-state index is -0.490. The summed E-state index contributed by atoms with van der Waals surface area (Å²) in [6.07, 6.45) is 0.638. The Bertz CT molecular complexity index is 1830. The summed E-state index contributed by atoms with van der Waals surface area (Å²) in [4.78, 5) is 50.6. The van der Waals surface area contributed by atoms with Crippen LogP contribution in [0, 0.1) is 6.92 Å². The maximum Gasteiger partial charge on any atom is 0.332 e. The molecule has 0 saturated heterocycles. The van der Waals surface area contributed by atoms with E-state index in [2.05, 4.69) is 20.3 Å². The van der Waals surface area contributed by atoms with Gasteiger partial charge in [-0.2, -0.15) is 4.98 Å². The normalized spacial score (nSPS) is 11.4. The molecule has 0 aliphatic heterocycles. The van der Waals surface area contributed by atoms with Gasteiger partial charge in [-0.15, -0.1) is 0 Å². The molecule has 0 unspecified atom stereocenters. The molecule has 0 spiro atoms. The van der Waals surface area contributed by atoms with Crippen molar-refractivity contribution in [2.45, 2.75) is 26.3 Å². The van der Waals surface area contributed by atoms with Crippen molar-refractivity contribution in [3.05, 3.63) is 79.2 Å². The Balaban J connectivity index is 1.51. The molecule has 0 aliphatic carbocycles. The molecule has 0 amide bonds. The number of ether oxygens (including phenoxy) is 1. The Hall–Kier alpha value is -4.38. The lowest BCUT2D eigenvalue weighted by atomic mass is 10.1. The van der Waals surface area contributed by atoms with E-state index < -0.39 is 11.2 Å². The molecule has 4 heterocycles. The SMILES string of the molecule is COC(=O)CCc1nc(Nc2nc3c(c(=O)n(Cc4cc5c(Cl)cccc5[nH]4)c(=O)n3C)n2C)ccc1C. The number of anilines is 2. The quantitative estimate of drug-likeness (QED) is 0.306. The van der Waals surface area contributed by atoms with E-state index in [0.29, 0.717) is 28.9 Å². The molecule has 196 valence electrons. The Kier molecular flexibility index (Phi) is 6.53. The van der Waals surface area contributed by atoms with Gasteiger partial charge in [0.15, 0.2) is 11.2 Å². The number of hydrogen-bond acceptors (Lipinski definition) is 7. The maximum absolute atomic E-state index is 13.5. The molecule has 5 rings (SSSR count). The third-order valence-corrected chi connectivity index (χ3v) is 6.92. The Morgan fingerprint density at radius 2 is 1.92 bits per heavy atom. The van der Waals surface area contributed by atoms with Crippen molar-refractivity contribution in [2.75, 3.05) is 12.4 Å². The number of imidazole rings is 1. The van der Waals surface area contributed by atoms with Gasteiger partial charge in [0.1, 0.15) is 5.82 Å². The highest BCUT2D eigenvalue weighted by atomic mass is 35.5. The van der Waals surface area contributed by atoms with E-state index >= 15 is 0 Å². The molecule has 0 radical (unpaired) electrons. The second-order valence-corrected chi connectivity index (χ2v) is 9.46. The van der Waals surface area contributed by atoms with Gasteiger partial charge in [-0.3, -0.25) is 18.7 Å². The van der Waals surface area contributed by atoms with Gasteiger partial charge < -0.3 is 19.6 Å². The van der Waals surface area contributed by atoms with Gasteiger partial charge in [-0.1, -0.05) is 23.7 Å². The number of esters is 1. The lowest BCUT2D eigenvalue weighted by Gasteiger charge is -2.10. The summed E-state index contributed by atoms with van der Waals surface area (Å²) in [5.41, 5.74) is 2.74. The fraction of sp³-hybridized carbons (Fsp3) is 0.269. The average molecular weight is 536 g/mol. The molecular weight excluding hydrogens is 510 g/mol. The Labute approximate surface area is 221 Å². The van der Waals surface area contributed by atoms with Gasteiger partial charge in [-0.05, 0) is 36.8 Å². The maximum atomic E-state index is 13.5. The fourth-order valence-electron chi connectivity index (χ4n) is 4.46. The van der Waals surface area contributed by atoms with Crippen LogP contribution in [0.5, 0.6) is 0 Å². The summed E-state index contributed by atoms with van der Waals surface area (Å²) in [7, 11) is 4.63. The van der Waals surface area contributed by atoms with Crippen molar-refractivity contribution in [1.82, 2.24) is 28.7 Å². The smallest absolute Gasteiger partial charge is 0.332 e. The zero-order valence-electron chi connectivity index (χ0n) is 21.3. The van der Waals surface area contributed by atoms with Gasteiger partial charge in [0, 0.05) is 47.8 Å². The molecule has 0 fully saturated rings. The van der Waals surface area contributed by atoms with Crippen molar-refractivity contribution >= 4 is 51.4 Å². The number of nitrogens with zero attached hydrogens (tertiary/aromatic N) is 5. The van der Waals surface area contributed by atoms with Crippen LogP contribution in [0.4, 0.5) is 11.8 Å². The van der Waals surface area contributed by atoms with E-state index in [0.717, 1.165) is 22.2 Å². The predicted molar refractivity (Wildman–Crippen MR) is 145 cm³/mol. The van der Waals surface area contributed by atoms with Crippen LogP contribution in [0.1, 0.15) is 23.4 Å². The van der Waals surface area contributed by atoms with Crippen molar-refractivity contribution < 1.29 is 9.53 Å². The number of aromatic nitrogens is 6. The first kappa shape index (κ1) is 25.3. The third-order valence-electron chi connectivity index (χ3n) is 6.59. The van der Waals surface area contributed by atoms with E-state index in [-0.39, 0.29) is 30.1 Å². The second kappa shape index (κ2) is 9.82. The van der Waals surface area contributed by atoms with E-state index in [1.807, 2.05) is 31.2 Å². The van der Waals surface area contributed by atoms with Crippen LogP contribution >= 0.6 is 11.6 Å². The number of benzene rings is 1. The molecule has 11 nitrogen and oxygen atoms in total. The van der Waals surface area contributed by atoms with Gasteiger partial charge in [-0.25, -0.2) is 9.78 Å². The fourth-order valence-corrected chi connectivity index (χ4v) is 4.69. The zero-order chi connectivity index (χ0) is 27.1. The number of carbonyl (C=O) groups is 1. The number of nitrogens with one attached hydrogen (secondary N) is 2. The van der Waals surface area contributed by atoms with Gasteiger partial charge in [0.25, 0.3) is 5.56 Å². The van der Waals surface area contributed by atoms with Crippen LogP contribution in [0.3, 0.4) is 0 Å². The summed E-state index contributed by atoms with van der Waals surface area (Å²) in [5.74, 6) is 0.527. The van der Waals surface area contributed by atoms with Gasteiger partial charge in [0.05, 0.1) is 20.1 Å². The van der Waals surface area contributed by atoms with Crippen molar-refractivity contribution in [2.24, 2.45) is 14.1 Å². The lowest BCUT2D eigenvalue weighted by molar-refractivity contribution is -0.140. The summed E-state index contributed by atoms with van der Waals surface area (Å²) in [6.45, 7) is 1.96. The number of halogens is 1. The Morgan fingerprint density at radius 1 is 1.13 bits per heavy atom. The number of hydrogen-bond donors (Lipinski definition) is 2. The van der Waals surface area contributed by atoms with Crippen LogP contribution in [0.25, 0.3) is 22.1 Å². The first-order chi connectivity index (χ1) is 18.2. The number of carbonyl (C=O) groups excluding carboxylic acids is 1. The molecule has 1 aromatic carbocycles. The predicted octanol–water partition coefficient (Wildman–Crippen LogP) is 3.17. The van der Waals surface area contributed by atoms with Crippen LogP contribution in [0.2, 0.25) is 5.02 Å². The second-order valence-electron chi connectivity index (χ2n) is 9.06. The number of aromatic amines is 1. The highest BCUT2D eigenvalue weighted by Gasteiger charge is 2.20. The molecule has 12 heteroatoms. The first-order valence-corrected chi connectivity index (χ1v) is 12.3. The molecule has 0 saturated carbocycles. The molecule has 5 aromatic rings. The van der Waals surface area contributed by atoms with Gasteiger partial charge in [0.2, 0.25) is 5.95 Å². The highest BCUT2D eigenvalue weighted by Crippen LogP contribution is 2.24. The van der Waals surface area contributed by atoms with Crippen molar-refractivity contribution in [3.8, 4) is 0 Å². The van der Waals surface area contributed by atoms with Crippen LogP contribution in [0.15, 0.2) is 46.0 Å². The largest absolute Gasteiger partial charge is 0.469 e. The summed E-state index contributed by atoms with van der Waals surface area (Å²) in [6, 6.07) is 11.0. The summed E-state index contributed by atoms with van der Waals surface area (Å²) in [5, 5.41) is 4.54. The van der Waals surface area contributed by atoms with Crippen LogP contribution < -0.4 is 16.6 Å². The standard InChI is InChI=1S/C26H26ClN7O4/c1-14-8-10-20(29-18(14)9-11-21(35)38-4)30-25-31-23-22(32(25)2)24(36)34(26(37)33(23)3)13-15-12-16-17(27)6-5-7-19(16)28-15/h5-8,10,12,28H,9,11,13H2,1-4H3,(H,29,30,31). The molecule has 4 aromatic heterocycles. The minimum absolute atomic E-state index is 0.0451. The monoisotopic (exact) mass is 535 g/mol. The Morgan fingerprint density at radius 3 is 2.66 bits per heavy atom. The molecular formula is C26H26ClN7O4. The van der Waals surface area contributed by atoms with E-state index in [9.17, 15) is 14.4 Å². The summed E-state index contributed by atoms with van der Waals surface area (Å²) < 4.78 is 8.84. The number of pyridine rings is 1. The average Bonchev–Trinajstić information content (AvgIpc) is 3.47. The van der Waals surface area contributed by atoms with Crippen LogP contribution in [-0.4, -0.2) is 41.7 Å². The first-order valence-electron chi connectivity index (χ1n) is 11.9. The third kappa shape index (κ3) is 4.45. The molecule has 0 bridgehead atoms.